The van der Waals surface area contributed by atoms with Crippen LogP contribution in [0.2, 0.25) is 0 Å². The van der Waals surface area contributed by atoms with Crippen molar-refractivity contribution >= 4 is 21.2 Å². The Morgan fingerprint density at radius 2 is 2.13 bits per heavy atom. The molecule has 1 rings (SSSR count). The molecule has 1 heterocycles. The van der Waals surface area contributed by atoms with Crippen molar-refractivity contribution in [2.45, 2.75) is 25.8 Å². The first-order chi connectivity index (χ1) is 6.92. The molecule has 0 fully saturated rings. The fourth-order valence-electron chi connectivity index (χ4n) is 1.27. The van der Waals surface area contributed by atoms with Crippen molar-refractivity contribution in [3.63, 3.8) is 0 Å². The summed E-state index contributed by atoms with van der Waals surface area (Å²) in [6, 6.07) is 3.90. The summed E-state index contributed by atoms with van der Waals surface area (Å²) in [5, 5.41) is 0. The number of thiophene rings is 1. The molecule has 0 aliphatic rings. The molecule has 0 saturated heterocycles. The molecule has 2 N–H and O–H groups in total. The molecule has 15 heavy (non-hydrogen) atoms. The Kier molecular flexibility index (Phi) is 4.31. The molecule has 86 valence electrons. The Labute approximate surface area is 95.2 Å². The first-order valence-electron chi connectivity index (χ1n) is 4.94. The van der Waals surface area contributed by atoms with Crippen molar-refractivity contribution in [3.05, 3.63) is 21.9 Å². The second-order valence-corrected chi connectivity index (χ2v) is 7.14. The molecular formula is C10H17NO2S2. The summed E-state index contributed by atoms with van der Waals surface area (Å²) in [7, 11) is -2.90. The summed E-state index contributed by atoms with van der Waals surface area (Å²) in [5.41, 5.74) is 5.92. The lowest BCUT2D eigenvalue weighted by molar-refractivity contribution is 0.592. The van der Waals surface area contributed by atoms with E-state index in [1.54, 1.807) is 11.3 Å². The van der Waals surface area contributed by atoms with Crippen molar-refractivity contribution < 1.29 is 8.42 Å². The molecule has 0 radical (unpaired) electrons. The molecule has 1 unspecified atom stereocenters. The van der Waals surface area contributed by atoms with Gasteiger partial charge in [0.25, 0.3) is 0 Å². The van der Waals surface area contributed by atoms with Gasteiger partial charge in [0.2, 0.25) is 0 Å². The van der Waals surface area contributed by atoms with E-state index >= 15 is 0 Å². The van der Waals surface area contributed by atoms with Crippen molar-refractivity contribution in [1.82, 2.24) is 0 Å². The lowest BCUT2D eigenvalue weighted by atomic mass is 10.2. The van der Waals surface area contributed by atoms with Crippen LogP contribution in [0.4, 0.5) is 0 Å². The number of nitrogens with two attached hydrogens (primary N) is 1. The largest absolute Gasteiger partial charge is 0.323 e. The Balaban J connectivity index is 2.57. The van der Waals surface area contributed by atoms with E-state index in [0.717, 1.165) is 11.3 Å². The van der Waals surface area contributed by atoms with Crippen molar-refractivity contribution in [1.29, 1.82) is 0 Å². The van der Waals surface area contributed by atoms with Crippen LogP contribution in [0.5, 0.6) is 0 Å². The Hall–Kier alpha value is -0.390. The summed E-state index contributed by atoms with van der Waals surface area (Å²) in [6.45, 7) is 2.09. The van der Waals surface area contributed by atoms with Crippen LogP contribution in [-0.2, 0) is 16.3 Å². The predicted octanol–water partition coefficient (Wildman–Crippen LogP) is 1.75. The van der Waals surface area contributed by atoms with Gasteiger partial charge in [-0.1, -0.05) is 6.92 Å². The topological polar surface area (TPSA) is 60.2 Å². The average molecular weight is 247 g/mol. The van der Waals surface area contributed by atoms with Crippen LogP contribution < -0.4 is 5.73 Å². The fourth-order valence-corrected chi connectivity index (χ4v) is 2.94. The highest BCUT2D eigenvalue weighted by atomic mass is 32.2. The quantitative estimate of drug-likeness (QED) is 0.862. The summed E-state index contributed by atoms with van der Waals surface area (Å²) < 4.78 is 22.0. The van der Waals surface area contributed by atoms with Crippen molar-refractivity contribution in [2.24, 2.45) is 5.73 Å². The van der Waals surface area contributed by atoms with Gasteiger partial charge < -0.3 is 5.73 Å². The second-order valence-electron chi connectivity index (χ2n) is 3.68. The van der Waals surface area contributed by atoms with Crippen LogP contribution in [0.25, 0.3) is 0 Å². The third kappa shape index (κ3) is 4.32. The standard InChI is InChI=1S/C10H17NO2S2/c1-3-8-4-5-10(14-8)9(11)6-7-15(2,12)13/h4-5,9H,3,6-7,11H2,1-2H3. The van der Waals surface area contributed by atoms with E-state index in [1.165, 1.54) is 11.1 Å². The smallest absolute Gasteiger partial charge is 0.147 e. The molecule has 0 spiro atoms. The van der Waals surface area contributed by atoms with Crippen LogP contribution in [0.3, 0.4) is 0 Å². The van der Waals surface area contributed by atoms with Gasteiger partial charge in [-0.05, 0) is 25.0 Å². The van der Waals surface area contributed by atoms with Gasteiger partial charge in [-0.25, -0.2) is 8.42 Å². The molecule has 0 saturated carbocycles. The normalized spacial score (nSPS) is 14.1. The van der Waals surface area contributed by atoms with Gasteiger partial charge in [0, 0.05) is 22.1 Å². The van der Waals surface area contributed by atoms with Crippen LogP contribution >= 0.6 is 11.3 Å². The van der Waals surface area contributed by atoms with Gasteiger partial charge in [-0.3, -0.25) is 0 Å². The first kappa shape index (κ1) is 12.7. The van der Waals surface area contributed by atoms with Gasteiger partial charge in [-0.2, -0.15) is 0 Å². The zero-order valence-electron chi connectivity index (χ0n) is 9.06. The molecule has 0 aromatic carbocycles. The number of hydrogen-bond acceptors (Lipinski definition) is 4. The Morgan fingerprint density at radius 3 is 2.60 bits per heavy atom. The lowest BCUT2D eigenvalue weighted by Crippen LogP contribution is -2.14. The van der Waals surface area contributed by atoms with E-state index in [9.17, 15) is 8.42 Å². The van der Waals surface area contributed by atoms with Gasteiger partial charge >= 0.3 is 0 Å². The minimum Gasteiger partial charge on any atom is -0.323 e. The highest BCUT2D eigenvalue weighted by molar-refractivity contribution is 7.90. The Bertz CT molecular complexity index is 409. The van der Waals surface area contributed by atoms with Crippen LogP contribution in [0.15, 0.2) is 12.1 Å². The molecule has 5 heteroatoms. The summed E-state index contributed by atoms with van der Waals surface area (Å²) in [5.74, 6) is 0.160. The SMILES string of the molecule is CCc1ccc(C(N)CCS(C)(=O)=O)s1. The minimum absolute atomic E-state index is 0.148. The molecule has 3 nitrogen and oxygen atoms in total. The fraction of sp³-hybridized carbons (Fsp3) is 0.600. The van der Waals surface area contributed by atoms with Crippen LogP contribution in [0.1, 0.15) is 29.1 Å². The molecule has 0 bridgehead atoms. The molecule has 0 amide bonds. The molecular weight excluding hydrogens is 230 g/mol. The lowest BCUT2D eigenvalue weighted by Gasteiger charge is -2.07. The van der Waals surface area contributed by atoms with E-state index in [1.807, 2.05) is 6.07 Å². The van der Waals surface area contributed by atoms with Crippen molar-refractivity contribution in [2.75, 3.05) is 12.0 Å². The van der Waals surface area contributed by atoms with Gasteiger partial charge in [-0.15, -0.1) is 11.3 Å². The average Bonchev–Trinajstić information content (AvgIpc) is 2.61. The molecule has 0 aliphatic carbocycles. The maximum atomic E-state index is 11.0. The van der Waals surface area contributed by atoms with Crippen LogP contribution in [0, 0.1) is 0 Å². The molecule has 1 atom stereocenters. The minimum atomic E-state index is -2.90. The number of sulfone groups is 1. The number of rotatable bonds is 5. The highest BCUT2D eigenvalue weighted by Gasteiger charge is 2.11. The highest BCUT2D eigenvalue weighted by Crippen LogP contribution is 2.24. The van der Waals surface area contributed by atoms with Gasteiger partial charge in [0.15, 0.2) is 0 Å². The zero-order chi connectivity index (χ0) is 11.5. The first-order valence-corrected chi connectivity index (χ1v) is 7.82. The van der Waals surface area contributed by atoms with Gasteiger partial charge in [0.1, 0.15) is 9.84 Å². The number of hydrogen-bond donors (Lipinski definition) is 1. The van der Waals surface area contributed by atoms with E-state index in [2.05, 4.69) is 13.0 Å². The number of aryl methyl sites for hydroxylation is 1. The van der Waals surface area contributed by atoms with E-state index in [-0.39, 0.29) is 11.8 Å². The van der Waals surface area contributed by atoms with Crippen LogP contribution in [-0.4, -0.2) is 20.4 Å². The van der Waals surface area contributed by atoms with E-state index < -0.39 is 9.84 Å². The monoisotopic (exact) mass is 247 g/mol. The van der Waals surface area contributed by atoms with E-state index in [0.29, 0.717) is 6.42 Å². The van der Waals surface area contributed by atoms with Gasteiger partial charge in [0.05, 0.1) is 5.75 Å². The molecule has 1 aromatic heterocycles. The Morgan fingerprint density at radius 1 is 1.47 bits per heavy atom. The molecule has 0 aliphatic heterocycles. The van der Waals surface area contributed by atoms with E-state index in [4.69, 9.17) is 5.73 Å². The summed E-state index contributed by atoms with van der Waals surface area (Å²) >= 11 is 1.67. The maximum Gasteiger partial charge on any atom is 0.147 e. The molecule has 1 aromatic rings. The second kappa shape index (κ2) is 5.09. The third-order valence-electron chi connectivity index (χ3n) is 2.20. The summed E-state index contributed by atoms with van der Waals surface area (Å²) in [4.78, 5) is 2.37. The zero-order valence-corrected chi connectivity index (χ0v) is 10.7. The predicted molar refractivity (Wildman–Crippen MR) is 65.0 cm³/mol. The van der Waals surface area contributed by atoms with Crippen molar-refractivity contribution in [3.8, 4) is 0 Å². The maximum absolute atomic E-state index is 11.0. The third-order valence-corrected chi connectivity index (χ3v) is 4.53. The summed E-state index contributed by atoms with van der Waals surface area (Å²) in [6.07, 6.45) is 2.75.